The summed E-state index contributed by atoms with van der Waals surface area (Å²) in [4.78, 5) is 26.7. The van der Waals surface area contributed by atoms with Crippen molar-refractivity contribution in [3.05, 3.63) is 143 Å². The van der Waals surface area contributed by atoms with Gasteiger partial charge >= 0.3 is 11.9 Å². The normalized spacial score (nSPS) is 31.4. The van der Waals surface area contributed by atoms with E-state index in [4.69, 9.17) is 9.47 Å². The van der Waals surface area contributed by atoms with Crippen molar-refractivity contribution >= 4 is 11.9 Å². The smallest absolute Gasteiger partial charge is 0.321 e. The molecule has 0 aromatic heterocycles. The van der Waals surface area contributed by atoms with E-state index in [1.807, 2.05) is 36.4 Å². The van der Waals surface area contributed by atoms with E-state index in [0.29, 0.717) is 11.8 Å². The SMILES string of the molecule is O=C1O[C@@]2(C3CCCCC3)CC[C@]1(c1ccccc1)c1ccccc12.O=C1O[C@@]2(C3CCCCC3)CC[C@]1(c1ccccc1)c1ccccc12. The number of benzene rings is 4. The molecule has 4 aliphatic heterocycles. The Bertz CT molecular complexity index is 1750. The van der Waals surface area contributed by atoms with Gasteiger partial charge in [0.15, 0.2) is 0 Å². The predicted octanol–water partition coefficient (Wildman–Crippen LogP) is 10.2. The summed E-state index contributed by atoms with van der Waals surface area (Å²) in [5.41, 5.74) is 5.07. The van der Waals surface area contributed by atoms with Gasteiger partial charge in [0, 0.05) is 23.0 Å². The molecule has 4 heterocycles. The summed E-state index contributed by atoms with van der Waals surface area (Å²) in [6.45, 7) is 0. The summed E-state index contributed by atoms with van der Waals surface area (Å²) in [5, 5.41) is 0. The number of rotatable bonds is 4. The third-order valence-corrected chi connectivity index (χ3v) is 13.7. The zero-order valence-corrected chi connectivity index (χ0v) is 29.1. The number of fused-ring (bicyclic) bond motifs is 4. The van der Waals surface area contributed by atoms with Gasteiger partial charge in [0.2, 0.25) is 0 Å². The van der Waals surface area contributed by atoms with Crippen molar-refractivity contribution in [1.82, 2.24) is 0 Å². The molecule has 2 saturated carbocycles. The van der Waals surface area contributed by atoms with E-state index in [2.05, 4.69) is 72.8 Å². The number of hydrogen-bond donors (Lipinski definition) is 0. The maximum atomic E-state index is 13.4. The first-order valence-corrected chi connectivity index (χ1v) is 19.3. The second-order valence-corrected chi connectivity index (χ2v) is 15.9. The van der Waals surface area contributed by atoms with Crippen molar-refractivity contribution < 1.29 is 19.1 Å². The average molecular weight is 665 g/mol. The Morgan fingerprint density at radius 1 is 0.400 bits per heavy atom. The molecule has 8 aliphatic rings. The molecular weight excluding hydrogens is 617 g/mol. The van der Waals surface area contributed by atoms with Crippen molar-refractivity contribution in [2.75, 3.05) is 0 Å². The largest absolute Gasteiger partial charge is 0.453 e. The number of ether oxygens (including phenoxy) is 2. The molecule has 0 N–H and O–H groups in total. The lowest BCUT2D eigenvalue weighted by atomic mass is 9.55. The van der Waals surface area contributed by atoms with Gasteiger partial charge in [-0.05, 0) is 73.6 Å². The third kappa shape index (κ3) is 4.49. The van der Waals surface area contributed by atoms with Crippen LogP contribution in [0.4, 0.5) is 0 Å². The Hall–Kier alpha value is -4.18. The molecule has 2 saturated heterocycles. The molecule has 0 radical (unpaired) electrons. The fourth-order valence-corrected chi connectivity index (χ4v) is 11.3. The molecule has 0 unspecified atom stereocenters. The topological polar surface area (TPSA) is 52.6 Å². The number of hydrogen-bond acceptors (Lipinski definition) is 4. The van der Waals surface area contributed by atoms with Crippen LogP contribution >= 0.6 is 0 Å². The van der Waals surface area contributed by atoms with Crippen LogP contribution in [0.3, 0.4) is 0 Å². The molecule has 0 spiro atoms. The molecular formula is C46H48O4. The highest BCUT2D eigenvalue weighted by Crippen LogP contribution is 2.62. The molecule has 4 aliphatic carbocycles. The van der Waals surface area contributed by atoms with Gasteiger partial charge in [-0.3, -0.25) is 9.59 Å². The Labute approximate surface area is 296 Å². The van der Waals surface area contributed by atoms with Gasteiger partial charge in [0.1, 0.15) is 22.0 Å². The van der Waals surface area contributed by atoms with Gasteiger partial charge in [0.05, 0.1) is 0 Å². The summed E-state index contributed by atoms with van der Waals surface area (Å²) in [5.74, 6) is 0.879. The van der Waals surface area contributed by atoms with Crippen molar-refractivity contribution in [3.63, 3.8) is 0 Å². The van der Waals surface area contributed by atoms with Gasteiger partial charge < -0.3 is 9.47 Å². The summed E-state index contributed by atoms with van der Waals surface area (Å²) in [6, 6.07) is 37.6. The molecule has 4 fully saturated rings. The van der Waals surface area contributed by atoms with Crippen LogP contribution in [0, 0.1) is 11.8 Å². The lowest BCUT2D eigenvalue weighted by Gasteiger charge is -2.56. The minimum absolute atomic E-state index is 0.0331. The molecule has 12 rings (SSSR count). The number of carbonyl (C=O) groups excluding carboxylic acids is 2. The Morgan fingerprint density at radius 2 is 0.740 bits per heavy atom. The van der Waals surface area contributed by atoms with Crippen LogP contribution in [0.1, 0.15) is 123 Å². The molecule has 4 heteroatoms. The first-order chi connectivity index (χ1) is 24.5. The van der Waals surface area contributed by atoms with E-state index in [9.17, 15) is 9.59 Å². The molecule has 4 nitrogen and oxygen atoms in total. The van der Waals surface area contributed by atoms with Crippen molar-refractivity contribution in [2.24, 2.45) is 11.8 Å². The summed E-state index contributed by atoms with van der Waals surface area (Å²) in [7, 11) is 0. The molecule has 0 amide bonds. The van der Waals surface area contributed by atoms with Crippen LogP contribution in [-0.4, -0.2) is 11.9 Å². The van der Waals surface area contributed by atoms with Crippen molar-refractivity contribution in [2.45, 2.75) is 112 Å². The lowest BCUT2D eigenvalue weighted by molar-refractivity contribution is -0.195. The van der Waals surface area contributed by atoms with E-state index in [0.717, 1.165) is 36.8 Å². The summed E-state index contributed by atoms with van der Waals surface area (Å²) in [6.07, 6.45) is 16.0. The molecule has 4 atom stereocenters. The zero-order valence-electron chi connectivity index (χ0n) is 29.1. The second-order valence-electron chi connectivity index (χ2n) is 15.9. The van der Waals surface area contributed by atoms with Gasteiger partial charge in [-0.15, -0.1) is 0 Å². The van der Waals surface area contributed by atoms with Crippen LogP contribution < -0.4 is 0 Å². The fourth-order valence-electron chi connectivity index (χ4n) is 11.3. The van der Waals surface area contributed by atoms with Gasteiger partial charge in [-0.2, -0.15) is 0 Å². The van der Waals surface area contributed by atoms with Gasteiger partial charge in [-0.1, -0.05) is 148 Å². The van der Waals surface area contributed by atoms with Crippen molar-refractivity contribution in [1.29, 1.82) is 0 Å². The summed E-state index contributed by atoms with van der Waals surface area (Å²) >= 11 is 0. The highest BCUT2D eigenvalue weighted by Gasteiger charge is 2.63. The molecule has 50 heavy (non-hydrogen) atoms. The van der Waals surface area contributed by atoms with Crippen LogP contribution in [0.5, 0.6) is 0 Å². The van der Waals surface area contributed by atoms with Gasteiger partial charge in [0.25, 0.3) is 0 Å². The lowest BCUT2D eigenvalue weighted by Crippen LogP contribution is -2.58. The Morgan fingerprint density at radius 3 is 1.10 bits per heavy atom. The van der Waals surface area contributed by atoms with Crippen LogP contribution in [0.2, 0.25) is 0 Å². The minimum atomic E-state index is -0.617. The van der Waals surface area contributed by atoms with E-state index < -0.39 is 10.8 Å². The quantitative estimate of drug-likeness (QED) is 0.204. The number of esters is 2. The molecule has 4 aromatic rings. The first-order valence-electron chi connectivity index (χ1n) is 19.3. The van der Waals surface area contributed by atoms with E-state index in [1.54, 1.807) is 0 Å². The predicted molar refractivity (Wildman–Crippen MR) is 194 cm³/mol. The molecule has 4 bridgehead atoms. The maximum Gasteiger partial charge on any atom is 0.321 e. The first kappa shape index (κ1) is 31.8. The second kappa shape index (κ2) is 12.2. The van der Waals surface area contributed by atoms with Gasteiger partial charge in [-0.25, -0.2) is 0 Å². The monoisotopic (exact) mass is 664 g/mol. The van der Waals surface area contributed by atoms with Crippen LogP contribution in [-0.2, 0) is 41.1 Å². The van der Waals surface area contributed by atoms with Crippen LogP contribution in [0.15, 0.2) is 109 Å². The Kier molecular flexibility index (Phi) is 7.79. The minimum Gasteiger partial charge on any atom is -0.453 e. The van der Waals surface area contributed by atoms with E-state index in [1.165, 1.54) is 86.5 Å². The van der Waals surface area contributed by atoms with Crippen LogP contribution in [0.25, 0.3) is 0 Å². The third-order valence-electron chi connectivity index (χ3n) is 13.7. The number of carbonyl (C=O) groups is 2. The van der Waals surface area contributed by atoms with E-state index in [-0.39, 0.29) is 23.1 Å². The summed E-state index contributed by atoms with van der Waals surface area (Å²) < 4.78 is 12.7. The fraction of sp³-hybridized carbons (Fsp3) is 0.435. The van der Waals surface area contributed by atoms with E-state index >= 15 is 0 Å². The standard InChI is InChI=1S/2C23H24O2/c2*24-21-22(17-9-3-1-4-10-17)15-16-23(25-21,18-11-5-2-6-12-18)20-14-8-7-13-19(20)22/h2*1,3-4,7-10,13-14,18H,2,5-6,11-12,15-16H2/t2*22-,23+/m00/s1. The van der Waals surface area contributed by atoms with Crippen molar-refractivity contribution in [3.8, 4) is 0 Å². The highest BCUT2D eigenvalue weighted by molar-refractivity contribution is 5.92. The zero-order chi connectivity index (χ0) is 33.8. The molecule has 256 valence electrons. The Balaban J connectivity index is 0.000000135. The maximum absolute atomic E-state index is 13.4. The molecule has 4 aromatic carbocycles. The average Bonchev–Trinajstić information content (AvgIpc) is 3.20. The highest BCUT2D eigenvalue weighted by atomic mass is 16.6.